The van der Waals surface area contributed by atoms with Gasteiger partial charge in [0.25, 0.3) is 5.91 Å². The lowest BCUT2D eigenvalue weighted by atomic mass is 10.2. The van der Waals surface area contributed by atoms with E-state index in [4.69, 9.17) is 0 Å². The molecule has 0 aromatic carbocycles. The van der Waals surface area contributed by atoms with Crippen LogP contribution in [0.1, 0.15) is 13.8 Å². The standard InChI is InChI=1S/C8H12F5NO/c1-5(2)3-14(4-8(11,12)13)7(15)6(9)10/h5-6H,3-4H2,1-2H3. The molecule has 0 rings (SSSR count). The number of rotatable bonds is 4. The molecule has 0 aliphatic heterocycles. The molecule has 0 fully saturated rings. The molecule has 0 aromatic heterocycles. The first-order chi connectivity index (χ1) is 6.63. The Morgan fingerprint density at radius 1 is 1.27 bits per heavy atom. The van der Waals surface area contributed by atoms with Gasteiger partial charge in [-0.25, -0.2) is 0 Å². The summed E-state index contributed by atoms with van der Waals surface area (Å²) in [5, 5.41) is 0. The molecule has 0 heterocycles. The second kappa shape index (κ2) is 5.27. The monoisotopic (exact) mass is 233 g/mol. The molecule has 0 atom stereocenters. The molecule has 0 aliphatic rings. The molecule has 0 spiro atoms. The topological polar surface area (TPSA) is 20.3 Å². The summed E-state index contributed by atoms with van der Waals surface area (Å²) in [6.07, 6.45) is -8.05. The molecule has 1 amide bonds. The van der Waals surface area contributed by atoms with Crippen molar-refractivity contribution in [2.45, 2.75) is 26.4 Å². The zero-order chi connectivity index (χ0) is 12.2. The molecular weight excluding hydrogens is 221 g/mol. The molecular formula is C8H12F5NO. The normalized spacial score (nSPS) is 12.3. The van der Waals surface area contributed by atoms with Crippen LogP contribution in [0.2, 0.25) is 0 Å². The van der Waals surface area contributed by atoms with Crippen molar-refractivity contribution in [3.05, 3.63) is 0 Å². The van der Waals surface area contributed by atoms with Crippen LogP contribution in [-0.2, 0) is 4.79 Å². The van der Waals surface area contributed by atoms with Gasteiger partial charge < -0.3 is 4.90 Å². The molecule has 2 nitrogen and oxygen atoms in total. The number of carbonyl (C=O) groups excluding carboxylic acids is 1. The number of nitrogens with zero attached hydrogens (tertiary/aromatic N) is 1. The Kier molecular flexibility index (Phi) is 4.96. The molecule has 0 N–H and O–H groups in total. The maximum atomic E-state index is 11.9. The molecule has 15 heavy (non-hydrogen) atoms. The zero-order valence-electron chi connectivity index (χ0n) is 8.31. The lowest BCUT2D eigenvalue weighted by Crippen LogP contribution is -2.43. The summed E-state index contributed by atoms with van der Waals surface area (Å²) in [6, 6.07) is 0. The highest BCUT2D eigenvalue weighted by Crippen LogP contribution is 2.18. The molecule has 0 bridgehead atoms. The summed E-state index contributed by atoms with van der Waals surface area (Å²) in [6.45, 7) is 1.13. The lowest BCUT2D eigenvalue weighted by Gasteiger charge is -2.25. The second-order valence-electron chi connectivity index (χ2n) is 3.53. The fourth-order valence-corrected chi connectivity index (χ4v) is 1.03. The SMILES string of the molecule is CC(C)CN(CC(F)(F)F)C(=O)C(F)F. The molecule has 0 radical (unpaired) electrons. The van der Waals surface area contributed by atoms with Crippen LogP contribution in [-0.4, -0.2) is 36.5 Å². The van der Waals surface area contributed by atoms with Gasteiger partial charge in [-0.05, 0) is 5.92 Å². The van der Waals surface area contributed by atoms with Gasteiger partial charge in [0.15, 0.2) is 0 Å². The first kappa shape index (κ1) is 14.1. The van der Waals surface area contributed by atoms with Crippen LogP contribution >= 0.6 is 0 Å². The van der Waals surface area contributed by atoms with Gasteiger partial charge in [0.05, 0.1) is 0 Å². The minimum atomic E-state index is -4.65. The van der Waals surface area contributed by atoms with Gasteiger partial charge in [-0.2, -0.15) is 22.0 Å². The fourth-order valence-electron chi connectivity index (χ4n) is 1.03. The van der Waals surface area contributed by atoms with E-state index in [1.165, 1.54) is 0 Å². The van der Waals surface area contributed by atoms with Crippen molar-refractivity contribution in [1.82, 2.24) is 4.90 Å². The fraction of sp³-hybridized carbons (Fsp3) is 0.875. The summed E-state index contributed by atoms with van der Waals surface area (Å²) in [5.41, 5.74) is 0. The number of hydrogen-bond donors (Lipinski definition) is 0. The van der Waals surface area contributed by atoms with Crippen molar-refractivity contribution in [1.29, 1.82) is 0 Å². The average molecular weight is 233 g/mol. The molecule has 7 heteroatoms. The molecule has 0 aliphatic carbocycles. The molecule has 0 saturated carbocycles. The summed E-state index contributed by atoms with van der Waals surface area (Å²) >= 11 is 0. The van der Waals surface area contributed by atoms with Gasteiger partial charge in [0.1, 0.15) is 6.54 Å². The maximum Gasteiger partial charge on any atom is 0.406 e. The van der Waals surface area contributed by atoms with Crippen LogP contribution in [0.5, 0.6) is 0 Å². The van der Waals surface area contributed by atoms with Crippen molar-refractivity contribution in [3.8, 4) is 0 Å². The van der Waals surface area contributed by atoms with Crippen molar-refractivity contribution in [3.63, 3.8) is 0 Å². The van der Waals surface area contributed by atoms with E-state index in [1.54, 1.807) is 13.8 Å². The smallest absolute Gasteiger partial charge is 0.328 e. The largest absolute Gasteiger partial charge is 0.406 e. The van der Waals surface area contributed by atoms with Crippen LogP contribution < -0.4 is 0 Å². The highest BCUT2D eigenvalue weighted by molar-refractivity contribution is 5.79. The van der Waals surface area contributed by atoms with E-state index in [0.29, 0.717) is 0 Å². The maximum absolute atomic E-state index is 11.9. The molecule has 0 aromatic rings. The van der Waals surface area contributed by atoms with Crippen LogP contribution in [0.3, 0.4) is 0 Å². The predicted molar refractivity (Wildman–Crippen MR) is 43.5 cm³/mol. The minimum Gasteiger partial charge on any atom is -0.328 e. The summed E-state index contributed by atoms with van der Waals surface area (Å²) < 4.78 is 59.7. The van der Waals surface area contributed by atoms with E-state index in [0.717, 1.165) is 0 Å². The predicted octanol–water partition coefficient (Wildman–Crippen LogP) is 2.30. The first-order valence-corrected chi connectivity index (χ1v) is 4.27. The van der Waals surface area contributed by atoms with Crippen LogP contribution in [0.25, 0.3) is 0 Å². The van der Waals surface area contributed by atoms with E-state index in [-0.39, 0.29) is 17.4 Å². The van der Waals surface area contributed by atoms with Crippen LogP contribution in [0, 0.1) is 5.92 Å². The van der Waals surface area contributed by atoms with E-state index >= 15 is 0 Å². The Labute approximate surface area is 84.0 Å². The number of alkyl halides is 5. The second-order valence-corrected chi connectivity index (χ2v) is 3.53. The first-order valence-electron chi connectivity index (χ1n) is 4.27. The number of hydrogen-bond acceptors (Lipinski definition) is 1. The third kappa shape index (κ3) is 6.24. The summed E-state index contributed by atoms with van der Waals surface area (Å²) in [7, 11) is 0. The highest BCUT2D eigenvalue weighted by atomic mass is 19.4. The van der Waals surface area contributed by atoms with Crippen molar-refractivity contribution in [2.24, 2.45) is 5.92 Å². The third-order valence-electron chi connectivity index (χ3n) is 1.45. The third-order valence-corrected chi connectivity index (χ3v) is 1.45. The number of halogens is 5. The Bertz CT molecular complexity index is 214. The average Bonchev–Trinajstić information content (AvgIpc) is 1.97. The number of carbonyl (C=O) groups is 1. The van der Waals surface area contributed by atoms with Gasteiger partial charge in [-0.3, -0.25) is 4.79 Å². The van der Waals surface area contributed by atoms with Crippen LogP contribution in [0.4, 0.5) is 22.0 Å². The van der Waals surface area contributed by atoms with Gasteiger partial charge in [-0.15, -0.1) is 0 Å². The minimum absolute atomic E-state index is 0.134. The zero-order valence-corrected chi connectivity index (χ0v) is 8.31. The van der Waals surface area contributed by atoms with Crippen molar-refractivity contribution >= 4 is 5.91 Å². The summed E-state index contributed by atoms with van der Waals surface area (Å²) in [4.78, 5) is 10.9. The Hall–Kier alpha value is -0.880. The van der Waals surface area contributed by atoms with Crippen LogP contribution in [0.15, 0.2) is 0 Å². The number of amides is 1. The van der Waals surface area contributed by atoms with E-state index in [2.05, 4.69) is 0 Å². The lowest BCUT2D eigenvalue weighted by molar-refractivity contribution is -0.168. The molecule has 90 valence electrons. The Balaban J connectivity index is 4.52. The van der Waals surface area contributed by atoms with Gasteiger partial charge in [0, 0.05) is 6.54 Å². The van der Waals surface area contributed by atoms with Crippen molar-refractivity contribution < 1.29 is 26.7 Å². The van der Waals surface area contributed by atoms with Gasteiger partial charge in [0.2, 0.25) is 0 Å². The Morgan fingerprint density at radius 2 is 1.73 bits per heavy atom. The van der Waals surface area contributed by atoms with Gasteiger partial charge >= 0.3 is 12.6 Å². The summed E-state index contributed by atoms with van der Waals surface area (Å²) in [5.74, 6) is -2.07. The van der Waals surface area contributed by atoms with E-state index < -0.39 is 25.1 Å². The van der Waals surface area contributed by atoms with Crippen molar-refractivity contribution in [2.75, 3.05) is 13.1 Å². The Morgan fingerprint density at radius 3 is 2.00 bits per heavy atom. The quantitative estimate of drug-likeness (QED) is 0.682. The molecule has 0 saturated heterocycles. The van der Waals surface area contributed by atoms with E-state index in [1.807, 2.05) is 0 Å². The van der Waals surface area contributed by atoms with Gasteiger partial charge in [-0.1, -0.05) is 13.8 Å². The molecule has 0 unspecified atom stereocenters. The highest BCUT2D eigenvalue weighted by Gasteiger charge is 2.35. The van der Waals surface area contributed by atoms with E-state index in [9.17, 15) is 26.7 Å².